The fraction of sp³-hybridized carbons (Fsp3) is 0.500. The second kappa shape index (κ2) is 5.04. The Hall–Kier alpha value is -0.770. The van der Waals surface area contributed by atoms with Gasteiger partial charge in [-0.1, -0.05) is 17.7 Å². The Morgan fingerprint density at radius 2 is 1.94 bits per heavy atom. The van der Waals surface area contributed by atoms with E-state index in [1.54, 1.807) is 0 Å². The molecule has 3 nitrogen and oxygen atoms in total. The summed E-state index contributed by atoms with van der Waals surface area (Å²) in [5.41, 5.74) is 1.94. The molecule has 1 aromatic rings. The Morgan fingerprint density at radius 3 is 2.50 bits per heavy atom. The summed E-state index contributed by atoms with van der Waals surface area (Å²) >= 11 is 6.21. The highest BCUT2D eigenvalue weighted by molar-refractivity contribution is 6.33. The molecule has 0 saturated carbocycles. The lowest BCUT2D eigenvalue weighted by Crippen LogP contribution is -2.44. The molecule has 1 aromatic carbocycles. The summed E-state index contributed by atoms with van der Waals surface area (Å²) < 4.78 is 0. The van der Waals surface area contributed by atoms with E-state index in [9.17, 15) is 0 Å². The minimum absolute atomic E-state index is 0.0444. The van der Waals surface area contributed by atoms with Gasteiger partial charge in [0.2, 0.25) is 0 Å². The van der Waals surface area contributed by atoms with Crippen molar-refractivity contribution >= 4 is 17.3 Å². The zero-order valence-electron chi connectivity index (χ0n) is 9.49. The van der Waals surface area contributed by atoms with Crippen LogP contribution in [0.2, 0.25) is 5.02 Å². The van der Waals surface area contributed by atoms with Gasteiger partial charge in [0.15, 0.2) is 0 Å². The first-order valence-corrected chi connectivity index (χ1v) is 5.91. The lowest BCUT2D eigenvalue weighted by Gasteiger charge is -2.34. The molecule has 0 amide bonds. The molecular formula is C12H17ClN2O. The predicted molar refractivity (Wildman–Crippen MR) is 67.1 cm³/mol. The minimum Gasteiger partial charge on any atom is -0.392 e. The van der Waals surface area contributed by atoms with Crippen LogP contribution in [0, 0.1) is 0 Å². The first-order chi connectivity index (χ1) is 7.70. The molecule has 0 radical (unpaired) electrons. The lowest BCUT2D eigenvalue weighted by atomic mass is 10.2. The zero-order valence-corrected chi connectivity index (χ0v) is 10.2. The maximum atomic E-state index is 9.02. The number of aliphatic hydroxyl groups excluding tert-OH is 1. The summed E-state index contributed by atoms with van der Waals surface area (Å²) in [6.45, 7) is 4.20. The molecule has 16 heavy (non-hydrogen) atoms. The first kappa shape index (κ1) is 11.7. The van der Waals surface area contributed by atoms with Crippen LogP contribution in [0.25, 0.3) is 0 Å². The second-order valence-corrected chi connectivity index (χ2v) is 4.64. The van der Waals surface area contributed by atoms with Crippen molar-refractivity contribution in [3.05, 3.63) is 28.8 Å². The van der Waals surface area contributed by atoms with Gasteiger partial charge < -0.3 is 14.9 Å². The summed E-state index contributed by atoms with van der Waals surface area (Å²) in [7, 11) is 2.13. The van der Waals surface area contributed by atoms with Gasteiger partial charge in [-0.3, -0.25) is 0 Å². The number of halogens is 1. The van der Waals surface area contributed by atoms with Gasteiger partial charge in [0.1, 0.15) is 0 Å². The van der Waals surface area contributed by atoms with E-state index in [-0.39, 0.29) is 6.61 Å². The maximum absolute atomic E-state index is 9.02. The molecule has 0 spiro atoms. The number of anilines is 1. The number of benzene rings is 1. The van der Waals surface area contributed by atoms with E-state index >= 15 is 0 Å². The topological polar surface area (TPSA) is 26.7 Å². The molecule has 0 atom stereocenters. The molecule has 1 fully saturated rings. The van der Waals surface area contributed by atoms with E-state index in [0.29, 0.717) is 0 Å². The Labute approximate surface area is 101 Å². The smallest absolute Gasteiger partial charge is 0.0682 e. The summed E-state index contributed by atoms with van der Waals surface area (Å²) in [5, 5.41) is 9.75. The molecule has 2 rings (SSSR count). The summed E-state index contributed by atoms with van der Waals surface area (Å²) in [4.78, 5) is 4.61. The lowest BCUT2D eigenvalue weighted by molar-refractivity contribution is 0.282. The number of nitrogens with zero attached hydrogens (tertiary/aromatic N) is 2. The highest BCUT2D eigenvalue weighted by atomic mass is 35.5. The van der Waals surface area contributed by atoms with Crippen LogP contribution in [0.15, 0.2) is 18.2 Å². The van der Waals surface area contributed by atoms with Gasteiger partial charge in [-0.05, 0) is 24.7 Å². The van der Waals surface area contributed by atoms with Crippen molar-refractivity contribution in [1.29, 1.82) is 0 Å². The molecule has 4 heteroatoms. The summed E-state index contributed by atoms with van der Waals surface area (Å²) in [6.07, 6.45) is 0. The predicted octanol–water partition coefficient (Wildman–Crippen LogP) is 1.58. The van der Waals surface area contributed by atoms with Crippen LogP contribution in [0.5, 0.6) is 0 Å². The molecule has 1 aliphatic heterocycles. The quantitative estimate of drug-likeness (QED) is 0.851. The number of hydrogen-bond donors (Lipinski definition) is 1. The normalized spacial score (nSPS) is 17.8. The van der Waals surface area contributed by atoms with Crippen molar-refractivity contribution < 1.29 is 5.11 Å². The zero-order chi connectivity index (χ0) is 11.5. The molecule has 0 aromatic heterocycles. The fourth-order valence-corrected chi connectivity index (χ4v) is 2.28. The van der Waals surface area contributed by atoms with Gasteiger partial charge in [-0.2, -0.15) is 0 Å². The minimum atomic E-state index is 0.0444. The van der Waals surface area contributed by atoms with Gasteiger partial charge in [0.05, 0.1) is 17.3 Å². The molecule has 1 heterocycles. The Bertz CT molecular complexity index is 362. The molecule has 88 valence electrons. The second-order valence-electron chi connectivity index (χ2n) is 4.23. The van der Waals surface area contributed by atoms with Crippen molar-refractivity contribution in [2.24, 2.45) is 0 Å². The van der Waals surface area contributed by atoms with Crippen LogP contribution >= 0.6 is 11.6 Å². The maximum Gasteiger partial charge on any atom is 0.0682 e. The molecule has 1 aliphatic rings. The van der Waals surface area contributed by atoms with Crippen LogP contribution in [-0.4, -0.2) is 43.2 Å². The van der Waals surface area contributed by atoms with Gasteiger partial charge in [0.25, 0.3) is 0 Å². The third-order valence-corrected chi connectivity index (χ3v) is 3.34. The number of piperazine rings is 1. The van der Waals surface area contributed by atoms with Crippen molar-refractivity contribution in [1.82, 2.24) is 4.90 Å². The van der Waals surface area contributed by atoms with E-state index in [2.05, 4.69) is 16.8 Å². The van der Waals surface area contributed by atoms with Crippen molar-refractivity contribution in [2.75, 3.05) is 38.1 Å². The Balaban J connectivity index is 2.14. The van der Waals surface area contributed by atoms with Crippen LogP contribution < -0.4 is 4.90 Å². The Morgan fingerprint density at radius 1 is 1.25 bits per heavy atom. The highest BCUT2D eigenvalue weighted by Crippen LogP contribution is 2.27. The standard InChI is InChI=1S/C12H17ClN2O/c1-14-4-6-15(7-5-14)12-3-2-10(9-16)8-11(12)13/h2-3,8,16H,4-7,9H2,1H3. The van der Waals surface area contributed by atoms with Crippen LogP contribution in [0.3, 0.4) is 0 Å². The van der Waals surface area contributed by atoms with E-state index in [0.717, 1.165) is 42.5 Å². The van der Waals surface area contributed by atoms with Crippen molar-refractivity contribution in [2.45, 2.75) is 6.61 Å². The SMILES string of the molecule is CN1CCN(c2ccc(CO)cc2Cl)CC1. The van der Waals surface area contributed by atoms with E-state index < -0.39 is 0 Å². The van der Waals surface area contributed by atoms with E-state index in [1.165, 1.54) is 0 Å². The van der Waals surface area contributed by atoms with E-state index in [1.807, 2.05) is 18.2 Å². The van der Waals surface area contributed by atoms with Crippen molar-refractivity contribution in [3.8, 4) is 0 Å². The molecule has 0 unspecified atom stereocenters. The molecule has 0 aliphatic carbocycles. The van der Waals surface area contributed by atoms with Gasteiger partial charge in [-0.25, -0.2) is 0 Å². The average Bonchev–Trinajstić information content (AvgIpc) is 2.30. The van der Waals surface area contributed by atoms with Crippen LogP contribution in [0.1, 0.15) is 5.56 Å². The average molecular weight is 241 g/mol. The number of aliphatic hydroxyl groups is 1. The summed E-state index contributed by atoms with van der Waals surface area (Å²) in [5.74, 6) is 0. The largest absolute Gasteiger partial charge is 0.392 e. The number of likely N-dealkylation sites (N-methyl/N-ethyl adjacent to an activating group) is 1. The molecule has 1 saturated heterocycles. The monoisotopic (exact) mass is 240 g/mol. The number of hydrogen-bond acceptors (Lipinski definition) is 3. The summed E-state index contributed by atoms with van der Waals surface area (Å²) in [6, 6.07) is 5.77. The van der Waals surface area contributed by atoms with Crippen molar-refractivity contribution in [3.63, 3.8) is 0 Å². The van der Waals surface area contributed by atoms with Crippen LogP contribution in [-0.2, 0) is 6.61 Å². The van der Waals surface area contributed by atoms with Gasteiger partial charge in [0, 0.05) is 26.2 Å². The Kier molecular flexibility index (Phi) is 3.69. The third-order valence-electron chi connectivity index (χ3n) is 3.04. The highest BCUT2D eigenvalue weighted by Gasteiger charge is 2.16. The van der Waals surface area contributed by atoms with Gasteiger partial charge in [-0.15, -0.1) is 0 Å². The molecule has 1 N–H and O–H groups in total. The first-order valence-electron chi connectivity index (χ1n) is 5.53. The van der Waals surface area contributed by atoms with Gasteiger partial charge >= 0.3 is 0 Å². The number of rotatable bonds is 2. The molecule has 0 bridgehead atoms. The van der Waals surface area contributed by atoms with E-state index in [4.69, 9.17) is 16.7 Å². The third kappa shape index (κ3) is 2.48. The molecular weight excluding hydrogens is 224 g/mol. The fourth-order valence-electron chi connectivity index (χ4n) is 1.95. The van der Waals surface area contributed by atoms with Crippen LogP contribution in [0.4, 0.5) is 5.69 Å².